The highest BCUT2D eigenvalue weighted by molar-refractivity contribution is 5.93. The minimum Gasteiger partial charge on any atom is -1.00 e. The summed E-state index contributed by atoms with van der Waals surface area (Å²) in [5.74, 6) is 0. The van der Waals surface area contributed by atoms with Crippen LogP contribution >= 0.6 is 0 Å². The van der Waals surface area contributed by atoms with E-state index in [-0.39, 0.29) is 24.0 Å². The number of nitrogens with zero attached hydrogens (tertiary/aromatic N) is 1. The Bertz CT molecular complexity index is 647. The molecule has 3 aromatic rings. The van der Waals surface area contributed by atoms with Gasteiger partial charge in [-0.3, -0.25) is 0 Å². The van der Waals surface area contributed by atoms with Crippen molar-refractivity contribution in [2.75, 3.05) is 0 Å². The van der Waals surface area contributed by atoms with Crippen LogP contribution in [0.15, 0.2) is 48.5 Å². The highest BCUT2D eigenvalue weighted by Gasteiger charge is 2.15. The Morgan fingerprint density at radius 3 is 1.72 bits per heavy atom. The standard InChI is InChI=1S/C16H16N.HI/c1-3-17-15-10-6-4-8-13(15)12(2)14-9-5-7-11-16(14)17;/h4-11H,3H2,1-2H3;1H/q+1;/p-1. The molecule has 1 heterocycles. The van der Waals surface area contributed by atoms with Crippen molar-refractivity contribution in [3.63, 3.8) is 0 Å². The summed E-state index contributed by atoms with van der Waals surface area (Å²) in [6, 6.07) is 17.3. The summed E-state index contributed by atoms with van der Waals surface area (Å²) in [5, 5.41) is 2.71. The van der Waals surface area contributed by atoms with Crippen LogP contribution in [-0.2, 0) is 6.54 Å². The molecule has 2 aromatic carbocycles. The van der Waals surface area contributed by atoms with Gasteiger partial charge in [0.2, 0.25) is 11.0 Å². The van der Waals surface area contributed by atoms with Gasteiger partial charge in [0.15, 0.2) is 0 Å². The molecule has 0 aliphatic rings. The lowest BCUT2D eigenvalue weighted by molar-refractivity contribution is -0.641. The predicted molar refractivity (Wildman–Crippen MR) is 72.1 cm³/mol. The van der Waals surface area contributed by atoms with Gasteiger partial charge in [-0.05, 0) is 31.5 Å². The van der Waals surface area contributed by atoms with Gasteiger partial charge in [-0.1, -0.05) is 24.3 Å². The second-order valence-electron chi connectivity index (χ2n) is 4.40. The second-order valence-corrected chi connectivity index (χ2v) is 4.40. The second kappa shape index (κ2) is 5.22. The van der Waals surface area contributed by atoms with Gasteiger partial charge in [0.1, 0.15) is 6.54 Å². The van der Waals surface area contributed by atoms with Crippen LogP contribution in [0.1, 0.15) is 12.5 Å². The van der Waals surface area contributed by atoms with Gasteiger partial charge in [0.25, 0.3) is 0 Å². The molecular formula is C16H16IN. The number of rotatable bonds is 1. The Labute approximate surface area is 124 Å². The van der Waals surface area contributed by atoms with E-state index >= 15 is 0 Å². The molecule has 1 nitrogen and oxygen atoms in total. The monoisotopic (exact) mass is 349 g/mol. The lowest BCUT2D eigenvalue weighted by Gasteiger charge is -2.07. The molecule has 0 bridgehead atoms. The number of fused-ring (bicyclic) bond motifs is 2. The average molecular weight is 349 g/mol. The van der Waals surface area contributed by atoms with Crippen LogP contribution in [0.4, 0.5) is 0 Å². The number of aryl methyl sites for hydroxylation is 2. The molecule has 0 unspecified atom stereocenters. The minimum absolute atomic E-state index is 0. The Balaban J connectivity index is 0.00000120. The molecule has 0 radical (unpaired) electrons. The topological polar surface area (TPSA) is 3.88 Å². The SMILES string of the molecule is CC[n+]1c2ccccc2c(C)c2ccccc21.[I-]. The first kappa shape index (κ1) is 13.3. The summed E-state index contributed by atoms with van der Waals surface area (Å²) in [6.45, 7) is 5.42. The van der Waals surface area contributed by atoms with Gasteiger partial charge in [0.05, 0.1) is 0 Å². The third-order valence-electron chi connectivity index (χ3n) is 3.51. The molecule has 0 spiro atoms. The minimum atomic E-state index is 0. The molecule has 0 atom stereocenters. The molecule has 18 heavy (non-hydrogen) atoms. The number of hydrogen-bond donors (Lipinski definition) is 0. The van der Waals surface area contributed by atoms with Crippen molar-refractivity contribution < 1.29 is 28.5 Å². The fourth-order valence-electron chi connectivity index (χ4n) is 2.67. The fraction of sp³-hybridized carbons (Fsp3) is 0.188. The van der Waals surface area contributed by atoms with E-state index in [0.717, 1.165) is 6.54 Å². The average Bonchev–Trinajstić information content (AvgIpc) is 2.40. The Hall–Kier alpha value is -1.16. The molecule has 92 valence electrons. The molecule has 0 aliphatic carbocycles. The summed E-state index contributed by atoms with van der Waals surface area (Å²) >= 11 is 0. The smallest absolute Gasteiger partial charge is 0.213 e. The first-order valence-electron chi connectivity index (χ1n) is 6.13. The van der Waals surface area contributed by atoms with Crippen molar-refractivity contribution >= 4 is 21.8 Å². The van der Waals surface area contributed by atoms with E-state index < -0.39 is 0 Å². The quantitative estimate of drug-likeness (QED) is 0.345. The van der Waals surface area contributed by atoms with Gasteiger partial charge in [-0.25, -0.2) is 0 Å². The highest BCUT2D eigenvalue weighted by atomic mass is 127. The lowest BCUT2D eigenvalue weighted by Crippen LogP contribution is -3.00. The third-order valence-corrected chi connectivity index (χ3v) is 3.51. The molecule has 2 heteroatoms. The van der Waals surface area contributed by atoms with E-state index in [9.17, 15) is 0 Å². The molecular weight excluding hydrogens is 333 g/mol. The number of benzene rings is 2. The van der Waals surface area contributed by atoms with E-state index in [1.807, 2.05) is 0 Å². The highest BCUT2D eigenvalue weighted by Crippen LogP contribution is 2.23. The Morgan fingerprint density at radius 1 is 0.833 bits per heavy atom. The van der Waals surface area contributed by atoms with Gasteiger partial charge in [-0.15, -0.1) is 0 Å². The number of halogens is 1. The van der Waals surface area contributed by atoms with Gasteiger partial charge in [0, 0.05) is 22.9 Å². The van der Waals surface area contributed by atoms with Crippen molar-refractivity contribution in [1.29, 1.82) is 0 Å². The van der Waals surface area contributed by atoms with Crippen LogP contribution in [0.5, 0.6) is 0 Å². The largest absolute Gasteiger partial charge is 1.00 e. The van der Waals surface area contributed by atoms with Crippen LogP contribution in [0.2, 0.25) is 0 Å². The molecule has 0 N–H and O–H groups in total. The maximum absolute atomic E-state index is 2.39. The number of pyridine rings is 1. The molecule has 3 rings (SSSR count). The zero-order chi connectivity index (χ0) is 11.8. The number of hydrogen-bond acceptors (Lipinski definition) is 0. The van der Waals surface area contributed by atoms with Crippen LogP contribution in [-0.4, -0.2) is 0 Å². The Kier molecular flexibility index (Phi) is 3.85. The maximum Gasteiger partial charge on any atom is 0.213 e. The summed E-state index contributed by atoms with van der Waals surface area (Å²) in [7, 11) is 0. The summed E-state index contributed by atoms with van der Waals surface area (Å²) < 4.78 is 2.39. The van der Waals surface area contributed by atoms with E-state index in [1.165, 1.54) is 27.4 Å². The van der Waals surface area contributed by atoms with Crippen molar-refractivity contribution in [2.45, 2.75) is 20.4 Å². The normalized spacial score (nSPS) is 10.6. The molecule has 0 amide bonds. The van der Waals surface area contributed by atoms with Crippen LogP contribution in [0.3, 0.4) is 0 Å². The molecule has 0 fully saturated rings. The van der Waals surface area contributed by atoms with Crippen molar-refractivity contribution in [1.82, 2.24) is 0 Å². The first-order chi connectivity index (χ1) is 8.33. The van der Waals surface area contributed by atoms with Crippen LogP contribution < -0.4 is 28.5 Å². The maximum atomic E-state index is 2.39. The Morgan fingerprint density at radius 2 is 1.28 bits per heavy atom. The molecule has 1 aromatic heterocycles. The van der Waals surface area contributed by atoms with E-state index in [0.29, 0.717) is 0 Å². The van der Waals surface area contributed by atoms with Crippen molar-refractivity contribution in [3.05, 3.63) is 54.1 Å². The summed E-state index contributed by atoms with van der Waals surface area (Å²) in [4.78, 5) is 0. The third kappa shape index (κ3) is 1.88. The first-order valence-corrected chi connectivity index (χ1v) is 6.13. The van der Waals surface area contributed by atoms with Gasteiger partial charge in [-0.2, -0.15) is 4.57 Å². The predicted octanol–water partition coefficient (Wildman–Crippen LogP) is 0.613. The fourth-order valence-corrected chi connectivity index (χ4v) is 2.67. The van der Waals surface area contributed by atoms with E-state index in [1.54, 1.807) is 0 Å². The number of aromatic nitrogens is 1. The molecule has 0 aliphatic heterocycles. The van der Waals surface area contributed by atoms with Gasteiger partial charge >= 0.3 is 0 Å². The van der Waals surface area contributed by atoms with Gasteiger partial charge < -0.3 is 24.0 Å². The van der Waals surface area contributed by atoms with Crippen molar-refractivity contribution in [3.8, 4) is 0 Å². The number of para-hydroxylation sites is 2. The van der Waals surface area contributed by atoms with E-state index in [4.69, 9.17) is 0 Å². The van der Waals surface area contributed by atoms with Crippen molar-refractivity contribution in [2.24, 2.45) is 0 Å². The summed E-state index contributed by atoms with van der Waals surface area (Å²) in [6.07, 6.45) is 0. The molecule has 0 saturated heterocycles. The van der Waals surface area contributed by atoms with Crippen LogP contribution in [0.25, 0.3) is 21.8 Å². The van der Waals surface area contributed by atoms with E-state index in [2.05, 4.69) is 66.9 Å². The zero-order valence-electron chi connectivity index (χ0n) is 10.7. The zero-order valence-corrected chi connectivity index (χ0v) is 12.8. The summed E-state index contributed by atoms with van der Waals surface area (Å²) in [5.41, 5.74) is 4.03. The lowest BCUT2D eigenvalue weighted by atomic mass is 10.0. The van der Waals surface area contributed by atoms with Crippen LogP contribution in [0, 0.1) is 6.92 Å². The molecule has 0 saturated carbocycles.